The van der Waals surface area contributed by atoms with Gasteiger partial charge in [0.05, 0.1) is 18.1 Å². The second-order valence-corrected chi connectivity index (χ2v) is 9.24. The molecule has 1 fully saturated rings. The Balaban J connectivity index is 2.15. The molecule has 1 heterocycles. The fourth-order valence-corrected chi connectivity index (χ4v) is 4.42. The van der Waals surface area contributed by atoms with Crippen LogP contribution >= 0.6 is 11.6 Å². The SMILES string of the molecule is C[C@H](C(=O)Nc1ccc(Cl)c(S(=O)(=O)N(C)C)c1)[NH+]1CCCCCC1. The summed E-state index contributed by atoms with van der Waals surface area (Å²) in [6.45, 7) is 3.91. The van der Waals surface area contributed by atoms with Crippen molar-refractivity contribution in [3.8, 4) is 0 Å². The first-order valence-electron chi connectivity index (χ1n) is 8.61. The van der Waals surface area contributed by atoms with Crippen molar-refractivity contribution in [3.05, 3.63) is 23.2 Å². The van der Waals surface area contributed by atoms with Gasteiger partial charge in [-0.1, -0.05) is 11.6 Å². The van der Waals surface area contributed by atoms with Crippen LogP contribution in [-0.2, 0) is 14.8 Å². The van der Waals surface area contributed by atoms with E-state index in [0.717, 1.165) is 30.2 Å². The lowest BCUT2D eigenvalue weighted by Crippen LogP contribution is -3.16. The minimum atomic E-state index is -3.67. The van der Waals surface area contributed by atoms with Crippen LogP contribution in [0.15, 0.2) is 23.1 Å². The normalized spacial score (nSPS) is 18.0. The molecule has 6 nitrogen and oxygen atoms in total. The quantitative estimate of drug-likeness (QED) is 0.800. The summed E-state index contributed by atoms with van der Waals surface area (Å²) in [7, 11) is -0.774. The van der Waals surface area contributed by atoms with E-state index < -0.39 is 10.0 Å². The van der Waals surface area contributed by atoms with Gasteiger partial charge in [0.15, 0.2) is 6.04 Å². The van der Waals surface area contributed by atoms with E-state index in [0.29, 0.717) is 5.69 Å². The number of rotatable bonds is 5. The molecule has 0 aliphatic carbocycles. The Hall–Kier alpha value is -1.15. The van der Waals surface area contributed by atoms with E-state index in [2.05, 4.69) is 5.32 Å². The number of carbonyl (C=O) groups is 1. The summed E-state index contributed by atoms with van der Waals surface area (Å²) in [6.07, 6.45) is 4.72. The summed E-state index contributed by atoms with van der Waals surface area (Å²) < 4.78 is 25.8. The van der Waals surface area contributed by atoms with Gasteiger partial charge < -0.3 is 10.2 Å². The average Bonchev–Trinajstić information content (AvgIpc) is 2.84. The van der Waals surface area contributed by atoms with Gasteiger partial charge >= 0.3 is 0 Å². The maximum atomic E-state index is 12.6. The van der Waals surface area contributed by atoms with Crippen LogP contribution in [0.4, 0.5) is 5.69 Å². The van der Waals surface area contributed by atoms with Gasteiger partial charge in [-0.2, -0.15) is 0 Å². The van der Waals surface area contributed by atoms with E-state index in [4.69, 9.17) is 11.6 Å². The molecule has 1 aromatic rings. The van der Waals surface area contributed by atoms with Crippen molar-refractivity contribution >= 4 is 33.2 Å². The molecule has 25 heavy (non-hydrogen) atoms. The second-order valence-electron chi connectivity index (χ2n) is 6.72. The highest BCUT2D eigenvalue weighted by Crippen LogP contribution is 2.26. The molecule has 1 aromatic carbocycles. The van der Waals surface area contributed by atoms with Crippen molar-refractivity contribution in [2.75, 3.05) is 32.5 Å². The molecule has 8 heteroatoms. The van der Waals surface area contributed by atoms with E-state index in [1.54, 1.807) is 6.07 Å². The third kappa shape index (κ3) is 4.94. The molecule has 0 bridgehead atoms. The van der Waals surface area contributed by atoms with Gasteiger partial charge in [-0.25, -0.2) is 12.7 Å². The predicted molar refractivity (Wildman–Crippen MR) is 99.6 cm³/mol. The number of carbonyl (C=O) groups excluding carboxylic acids is 1. The molecule has 0 spiro atoms. The van der Waals surface area contributed by atoms with E-state index in [1.807, 2.05) is 6.92 Å². The highest BCUT2D eigenvalue weighted by molar-refractivity contribution is 7.89. The summed E-state index contributed by atoms with van der Waals surface area (Å²) in [4.78, 5) is 13.9. The van der Waals surface area contributed by atoms with E-state index in [1.165, 1.54) is 44.0 Å². The second kappa shape index (κ2) is 8.49. The van der Waals surface area contributed by atoms with Crippen molar-refractivity contribution < 1.29 is 18.1 Å². The Morgan fingerprint density at radius 3 is 2.36 bits per heavy atom. The molecule has 1 atom stereocenters. The number of halogens is 1. The number of nitrogens with one attached hydrogen (secondary N) is 2. The first-order chi connectivity index (χ1) is 11.7. The average molecular weight is 389 g/mol. The first-order valence-corrected chi connectivity index (χ1v) is 10.4. The zero-order valence-electron chi connectivity index (χ0n) is 15.0. The fourth-order valence-electron chi connectivity index (χ4n) is 3.03. The minimum absolute atomic E-state index is 0.00765. The topological polar surface area (TPSA) is 70.9 Å². The highest BCUT2D eigenvalue weighted by atomic mass is 35.5. The third-order valence-electron chi connectivity index (χ3n) is 4.71. The fraction of sp³-hybridized carbons (Fsp3) is 0.588. The van der Waals surface area contributed by atoms with Gasteiger partial charge in [-0.15, -0.1) is 0 Å². The number of likely N-dealkylation sites (tertiary alicyclic amines) is 1. The Bertz CT molecular complexity index is 714. The lowest BCUT2D eigenvalue weighted by atomic mass is 10.2. The van der Waals surface area contributed by atoms with Gasteiger partial charge in [0.2, 0.25) is 10.0 Å². The van der Waals surface area contributed by atoms with Crippen LogP contribution < -0.4 is 10.2 Å². The van der Waals surface area contributed by atoms with Crippen molar-refractivity contribution in [2.24, 2.45) is 0 Å². The van der Waals surface area contributed by atoms with Gasteiger partial charge in [0.25, 0.3) is 5.91 Å². The number of amides is 1. The number of nitrogens with zero attached hydrogens (tertiary/aromatic N) is 1. The van der Waals surface area contributed by atoms with Crippen LogP contribution in [0.3, 0.4) is 0 Å². The summed E-state index contributed by atoms with van der Waals surface area (Å²) in [6, 6.07) is 4.36. The molecule has 140 valence electrons. The van der Waals surface area contributed by atoms with Crippen molar-refractivity contribution in [1.29, 1.82) is 0 Å². The summed E-state index contributed by atoms with van der Waals surface area (Å²) >= 11 is 6.04. The Kier molecular flexibility index (Phi) is 6.85. The smallest absolute Gasteiger partial charge is 0.282 e. The van der Waals surface area contributed by atoms with Crippen LogP contribution in [0.2, 0.25) is 5.02 Å². The van der Waals surface area contributed by atoms with E-state index in [-0.39, 0.29) is 21.9 Å². The van der Waals surface area contributed by atoms with Gasteiger partial charge in [-0.3, -0.25) is 4.79 Å². The number of hydrogen-bond donors (Lipinski definition) is 2. The van der Waals surface area contributed by atoms with Gasteiger partial charge in [-0.05, 0) is 50.8 Å². The number of sulfonamides is 1. The number of quaternary nitrogens is 1. The Labute approximate surface area is 155 Å². The lowest BCUT2D eigenvalue weighted by Gasteiger charge is -2.24. The number of hydrogen-bond acceptors (Lipinski definition) is 3. The summed E-state index contributed by atoms with van der Waals surface area (Å²) in [5, 5.41) is 2.97. The van der Waals surface area contributed by atoms with Crippen LogP contribution in [0.25, 0.3) is 0 Å². The van der Waals surface area contributed by atoms with Crippen LogP contribution in [0.1, 0.15) is 32.6 Å². The summed E-state index contributed by atoms with van der Waals surface area (Å²) in [5.74, 6) is -0.104. The predicted octanol–water partition coefficient (Wildman–Crippen LogP) is 1.38. The molecule has 0 saturated carbocycles. The van der Waals surface area contributed by atoms with Gasteiger partial charge in [0.1, 0.15) is 4.90 Å². The van der Waals surface area contributed by atoms with E-state index in [9.17, 15) is 13.2 Å². The lowest BCUT2D eigenvalue weighted by molar-refractivity contribution is -0.913. The van der Waals surface area contributed by atoms with Gasteiger partial charge in [0, 0.05) is 19.8 Å². The molecule has 2 rings (SSSR count). The number of benzene rings is 1. The third-order valence-corrected chi connectivity index (χ3v) is 7.01. The molecule has 1 aliphatic rings. The van der Waals surface area contributed by atoms with Crippen molar-refractivity contribution in [2.45, 2.75) is 43.5 Å². The van der Waals surface area contributed by atoms with Crippen LogP contribution in [0, 0.1) is 0 Å². The molecule has 2 N–H and O–H groups in total. The van der Waals surface area contributed by atoms with Crippen LogP contribution in [0.5, 0.6) is 0 Å². The highest BCUT2D eigenvalue weighted by Gasteiger charge is 2.27. The Morgan fingerprint density at radius 1 is 1.20 bits per heavy atom. The zero-order chi connectivity index (χ0) is 18.6. The maximum absolute atomic E-state index is 12.6. The molecule has 0 unspecified atom stereocenters. The van der Waals surface area contributed by atoms with Crippen molar-refractivity contribution in [3.63, 3.8) is 0 Å². The molecule has 0 aromatic heterocycles. The summed E-state index contributed by atoms with van der Waals surface area (Å²) in [5.41, 5.74) is 0.441. The molecule has 1 aliphatic heterocycles. The van der Waals surface area contributed by atoms with Crippen molar-refractivity contribution in [1.82, 2.24) is 4.31 Å². The maximum Gasteiger partial charge on any atom is 0.282 e. The van der Waals surface area contributed by atoms with Crippen LogP contribution in [-0.4, -0.2) is 51.9 Å². The molecule has 1 saturated heterocycles. The molecule has 0 radical (unpaired) electrons. The molecule has 1 amide bonds. The largest absolute Gasteiger partial charge is 0.325 e. The Morgan fingerprint density at radius 2 is 1.80 bits per heavy atom. The zero-order valence-corrected chi connectivity index (χ0v) is 16.6. The minimum Gasteiger partial charge on any atom is -0.325 e. The monoisotopic (exact) mass is 388 g/mol. The molecular formula is C17H27ClN3O3S+. The van der Waals surface area contributed by atoms with E-state index >= 15 is 0 Å². The molecular weight excluding hydrogens is 362 g/mol. The number of anilines is 1. The standard InChI is InChI=1S/C17H26ClN3O3S/c1-13(21-10-6-4-5-7-11-21)17(22)19-14-8-9-15(18)16(12-14)25(23,24)20(2)3/h8-9,12-13H,4-7,10-11H2,1-3H3,(H,19,22)/p+1/t13-/m1/s1. The first kappa shape index (κ1) is 20.2.